The van der Waals surface area contributed by atoms with Crippen molar-refractivity contribution in [2.24, 2.45) is 10.4 Å². The molecule has 4 nitrogen and oxygen atoms in total. The van der Waals surface area contributed by atoms with Gasteiger partial charge in [-0.3, -0.25) is 4.99 Å². The van der Waals surface area contributed by atoms with E-state index in [4.69, 9.17) is 9.73 Å². The first kappa shape index (κ1) is 19.0. The summed E-state index contributed by atoms with van der Waals surface area (Å²) in [7, 11) is 0. The summed E-state index contributed by atoms with van der Waals surface area (Å²) in [6.45, 7) is 8.04. The van der Waals surface area contributed by atoms with Crippen molar-refractivity contribution in [1.82, 2.24) is 10.2 Å². The van der Waals surface area contributed by atoms with Crippen LogP contribution in [0.25, 0.3) is 0 Å². The van der Waals surface area contributed by atoms with Gasteiger partial charge in [-0.2, -0.15) is 0 Å². The van der Waals surface area contributed by atoms with Crippen molar-refractivity contribution in [3.8, 4) is 0 Å². The van der Waals surface area contributed by atoms with E-state index in [0.29, 0.717) is 5.41 Å². The topological polar surface area (TPSA) is 36.9 Å². The first-order valence-corrected chi connectivity index (χ1v) is 9.42. The van der Waals surface area contributed by atoms with Crippen molar-refractivity contribution >= 4 is 29.9 Å². The summed E-state index contributed by atoms with van der Waals surface area (Å²) in [6, 6.07) is 10.9. The average molecular weight is 455 g/mol. The van der Waals surface area contributed by atoms with E-state index in [1.165, 1.54) is 31.2 Å². The van der Waals surface area contributed by atoms with Crippen molar-refractivity contribution < 1.29 is 4.74 Å². The summed E-state index contributed by atoms with van der Waals surface area (Å²) in [4.78, 5) is 7.51. The maximum Gasteiger partial charge on any atom is 0.193 e. The van der Waals surface area contributed by atoms with Gasteiger partial charge in [0.05, 0.1) is 13.2 Å². The van der Waals surface area contributed by atoms with Crippen molar-refractivity contribution in [1.29, 1.82) is 0 Å². The van der Waals surface area contributed by atoms with Crippen LogP contribution in [-0.4, -0.2) is 50.3 Å². The standard InChI is InChI=1S/C20H29N3O.HI/c1-2-21-18(23-12-10-19(15-23)11-13-24-16-19)22-14-20(8-9-20)17-6-4-3-5-7-17;/h3-7H,2,8-16H2,1H3,(H,21,22);1H. The molecule has 0 amide bonds. The molecule has 2 heterocycles. The Kier molecular flexibility index (Phi) is 5.93. The zero-order valence-electron chi connectivity index (χ0n) is 15.2. The van der Waals surface area contributed by atoms with Crippen LogP contribution >= 0.6 is 24.0 Å². The molecule has 1 N–H and O–H groups in total. The molecular formula is C20H30IN3O. The highest BCUT2D eigenvalue weighted by molar-refractivity contribution is 14.0. The quantitative estimate of drug-likeness (QED) is 0.430. The Morgan fingerprint density at radius 1 is 1.20 bits per heavy atom. The van der Waals surface area contributed by atoms with Gasteiger partial charge in [0, 0.05) is 37.1 Å². The molecule has 3 fully saturated rings. The molecule has 3 aliphatic rings. The average Bonchev–Trinajstić information content (AvgIpc) is 3.09. The van der Waals surface area contributed by atoms with Gasteiger partial charge >= 0.3 is 0 Å². The van der Waals surface area contributed by atoms with E-state index in [1.54, 1.807) is 0 Å². The van der Waals surface area contributed by atoms with E-state index in [1.807, 2.05) is 0 Å². The SMILES string of the molecule is CCNC(=NCC1(c2ccccc2)CC1)N1CCC2(CCOC2)C1.I. The van der Waals surface area contributed by atoms with E-state index in [0.717, 1.165) is 45.4 Å². The largest absolute Gasteiger partial charge is 0.381 e. The third-order valence-electron chi connectivity index (χ3n) is 6.03. The van der Waals surface area contributed by atoms with E-state index in [9.17, 15) is 0 Å². The van der Waals surface area contributed by atoms with Crippen LogP contribution in [0.2, 0.25) is 0 Å². The van der Waals surface area contributed by atoms with Crippen molar-refractivity contribution in [3.63, 3.8) is 0 Å². The molecule has 0 aromatic heterocycles. The summed E-state index contributed by atoms with van der Waals surface area (Å²) in [5.41, 5.74) is 2.12. The predicted molar refractivity (Wildman–Crippen MR) is 113 cm³/mol. The van der Waals surface area contributed by atoms with Gasteiger partial charge in [-0.25, -0.2) is 0 Å². The molecule has 1 aromatic rings. The number of nitrogens with one attached hydrogen (secondary N) is 1. The van der Waals surface area contributed by atoms with Gasteiger partial charge in [0.2, 0.25) is 0 Å². The Labute approximate surface area is 168 Å². The Morgan fingerprint density at radius 3 is 2.64 bits per heavy atom. The van der Waals surface area contributed by atoms with E-state index < -0.39 is 0 Å². The number of likely N-dealkylation sites (tertiary alicyclic amines) is 1. The summed E-state index contributed by atoms with van der Waals surface area (Å²) in [5, 5.41) is 3.52. The van der Waals surface area contributed by atoms with Crippen molar-refractivity contribution in [2.45, 2.75) is 38.0 Å². The van der Waals surface area contributed by atoms with E-state index in [-0.39, 0.29) is 29.4 Å². The third-order valence-corrected chi connectivity index (χ3v) is 6.03. The van der Waals surface area contributed by atoms with Crippen LogP contribution in [0.15, 0.2) is 35.3 Å². The van der Waals surface area contributed by atoms with Gasteiger partial charge in [0.15, 0.2) is 5.96 Å². The summed E-state index contributed by atoms with van der Waals surface area (Å²) in [5.74, 6) is 1.10. The second-order valence-electron chi connectivity index (χ2n) is 7.79. The fourth-order valence-electron chi connectivity index (χ4n) is 4.22. The highest BCUT2D eigenvalue weighted by Gasteiger charge is 2.45. The second-order valence-corrected chi connectivity index (χ2v) is 7.79. The van der Waals surface area contributed by atoms with Crippen LogP contribution in [0.4, 0.5) is 0 Å². The van der Waals surface area contributed by atoms with Crippen molar-refractivity contribution in [2.75, 3.05) is 39.4 Å². The molecule has 4 rings (SSSR count). The molecule has 1 unspecified atom stereocenters. The Bertz CT molecular complexity index is 594. The van der Waals surface area contributed by atoms with Gasteiger partial charge in [-0.15, -0.1) is 24.0 Å². The molecule has 5 heteroatoms. The fourth-order valence-corrected chi connectivity index (χ4v) is 4.22. The zero-order chi connectivity index (χ0) is 16.5. The minimum atomic E-state index is 0. The minimum absolute atomic E-state index is 0. The molecule has 1 aliphatic carbocycles. The lowest BCUT2D eigenvalue weighted by molar-refractivity contribution is 0.156. The molecule has 1 atom stereocenters. The lowest BCUT2D eigenvalue weighted by atomic mass is 9.87. The number of rotatable bonds is 4. The summed E-state index contributed by atoms with van der Waals surface area (Å²) >= 11 is 0. The van der Waals surface area contributed by atoms with Gasteiger partial charge in [0.25, 0.3) is 0 Å². The Balaban J connectivity index is 0.00000182. The molecule has 2 aliphatic heterocycles. The number of ether oxygens (including phenoxy) is 1. The lowest BCUT2D eigenvalue weighted by Crippen LogP contribution is -2.42. The van der Waals surface area contributed by atoms with Crippen LogP contribution in [0.1, 0.15) is 38.2 Å². The summed E-state index contributed by atoms with van der Waals surface area (Å²) < 4.78 is 5.67. The maximum absolute atomic E-state index is 5.67. The van der Waals surface area contributed by atoms with Gasteiger partial charge in [-0.05, 0) is 38.2 Å². The zero-order valence-corrected chi connectivity index (χ0v) is 17.5. The first-order chi connectivity index (χ1) is 11.8. The van der Waals surface area contributed by atoms with Gasteiger partial charge in [0.1, 0.15) is 0 Å². The highest BCUT2D eigenvalue weighted by Crippen LogP contribution is 2.48. The normalized spacial score (nSPS) is 27.4. The van der Waals surface area contributed by atoms with E-state index in [2.05, 4.69) is 47.5 Å². The maximum atomic E-state index is 5.67. The molecule has 0 radical (unpaired) electrons. The highest BCUT2D eigenvalue weighted by atomic mass is 127. The smallest absolute Gasteiger partial charge is 0.193 e. The first-order valence-electron chi connectivity index (χ1n) is 9.42. The molecule has 0 bridgehead atoms. The predicted octanol–water partition coefficient (Wildman–Crippen LogP) is 3.41. The lowest BCUT2D eigenvalue weighted by Gasteiger charge is -2.25. The second kappa shape index (κ2) is 7.82. The van der Waals surface area contributed by atoms with E-state index >= 15 is 0 Å². The van der Waals surface area contributed by atoms with Crippen LogP contribution in [0.5, 0.6) is 0 Å². The van der Waals surface area contributed by atoms with Crippen LogP contribution in [0.3, 0.4) is 0 Å². The van der Waals surface area contributed by atoms with Gasteiger partial charge < -0.3 is 15.0 Å². The fraction of sp³-hybridized carbons (Fsp3) is 0.650. The number of hydrogen-bond donors (Lipinski definition) is 1. The molecule has 2 saturated heterocycles. The molecule has 1 saturated carbocycles. The van der Waals surface area contributed by atoms with Crippen LogP contribution in [0, 0.1) is 5.41 Å². The number of nitrogens with zero attached hydrogens (tertiary/aromatic N) is 2. The van der Waals surface area contributed by atoms with Crippen LogP contribution < -0.4 is 5.32 Å². The number of guanidine groups is 1. The Morgan fingerprint density at radius 2 is 2.00 bits per heavy atom. The molecular weight excluding hydrogens is 425 g/mol. The third kappa shape index (κ3) is 3.97. The minimum Gasteiger partial charge on any atom is -0.381 e. The molecule has 25 heavy (non-hydrogen) atoms. The number of aliphatic imine (C=N–C) groups is 1. The molecule has 1 spiro atoms. The van der Waals surface area contributed by atoms with Gasteiger partial charge in [-0.1, -0.05) is 30.3 Å². The number of hydrogen-bond acceptors (Lipinski definition) is 2. The number of halogens is 1. The molecule has 138 valence electrons. The van der Waals surface area contributed by atoms with Crippen molar-refractivity contribution in [3.05, 3.63) is 35.9 Å². The molecule has 1 aromatic carbocycles. The number of benzene rings is 1. The summed E-state index contributed by atoms with van der Waals surface area (Å²) in [6.07, 6.45) is 4.97. The van der Waals surface area contributed by atoms with Crippen LogP contribution in [-0.2, 0) is 10.2 Å². The Hall–Kier alpha value is -0.820. The monoisotopic (exact) mass is 455 g/mol.